The van der Waals surface area contributed by atoms with Crippen molar-refractivity contribution in [1.29, 1.82) is 0 Å². The van der Waals surface area contributed by atoms with Crippen LogP contribution in [-0.2, 0) is 0 Å². The average Bonchev–Trinajstić information content (AvgIpc) is 2.88. The van der Waals surface area contributed by atoms with E-state index in [0.29, 0.717) is 23.7 Å². The second-order valence-corrected chi connectivity index (χ2v) is 8.72. The third-order valence-corrected chi connectivity index (χ3v) is 8.07. The van der Waals surface area contributed by atoms with Crippen molar-refractivity contribution in [3.63, 3.8) is 0 Å². The Kier molecular flexibility index (Phi) is 3.75. The van der Waals surface area contributed by atoms with Gasteiger partial charge in [0.05, 0.1) is 6.10 Å². The molecule has 0 aromatic rings. The minimum absolute atomic E-state index is 0.171. The van der Waals surface area contributed by atoms with Crippen LogP contribution in [0.1, 0.15) is 58.3 Å². The summed E-state index contributed by atoms with van der Waals surface area (Å²) in [6, 6.07) is 0. The largest absolute Gasteiger partial charge is 0.389 e. The van der Waals surface area contributed by atoms with E-state index in [4.69, 9.17) is 6.42 Å². The third-order valence-electron chi connectivity index (χ3n) is 8.07. The predicted octanol–water partition coefficient (Wildman–Crippen LogP) is 3.84. The van der Waals surface area contributed by atoms with E-state index in [-0.39, 0.29) is 11.5 Å². The Labute approximate surface area is 146 Å². The van der Waals surface area contributed by atoms with Gasteiger partial charge in [-0.05, 0) is 75.0 Å². The van der Waals surface area contributed by atoms with Gasteiger partial charge in [0, 0.05) is 5.41 Å². The van der Waals surface area contributed by atoms with E-state index >= 15 is 0 Å². The van der Waals surface area contributed by atoms with E-state index in [1.807, 2.05) is 0 Å². The van der Waals surface area contributed by atoms with Gasteiger partial charge in [0.15, 0.2) is 0 Å². The molecular formula is C22H30O2. The normalized spacial score (nSPS) is 50.3. The van der Waals surface area contributed by atoms with Crippen LogP contribution >= 0.6 is 0 Å². The second kappa shape index (κ2) is 5.48. The summed E-state index contributed by atoms with van der Waals surface area (Å²) in [6.45, 7) is 6.69. The Balaban J connectivity index is 1.73. The number of aliphatic hydroxyl groups is 2. The SMILES string of the molecule is C#CC1(O)CCC2C3CCC4=CC(O)CCC4C3C(=C)C[C@]21CC. The van der Waals surface area contributed by atoms with E-state index in [1.54, 1.807) is 0 Å². The molecular weight excluding hydrogens is 296 g/mol. The fourth-order valence-corrected chi connectivity index (χ4v) is 7.03. The summed E-state index contributed by atoms with van der Waals surface area (Å²) >= 11 is 0. The van der Waals surface area contributed by atoms with Gasteiger partial charge in [-0.1, -0.05) is 36.6 Å². The van der Waals surface area contributed by atoms with Gasteiger partial charge in [-0.2, -0.15) is 0 Å². The number of fused-ring (bicyclic) bond motifs is 5. The molecule has 0 aliphatic heterocycles. The van der Waals surface area contributed by atoms with Crippen LogP contribution in [-0.4, -0.2) is 21.9 Å². The molecule has 0 radical (unpaired) electrons. The lowest BCUT2D eigenvalue weighted by Crippen LogP contribution is -2.54. The van der Waals surface area contributed by atoms with Crippen LogP contribution in [0.4, 0.5) is 0 Å². The van der Waals surface area contributed by atoms with Crippen molar-refractivity contribution in [2.24, 2.45) is 29.1 Å². The van der Waals surface area contributed by atoms with Crippen LogP contribution in [0.3, 0.4) is 0 Å². The molecule has 0 amide bonds. The first-order valence-corrected chi connectivity index (χ1v) is 9.72. The molecule has 6 unspecified atom stereocenters. The van der Waals surface area contributed by atoms with Gasteiger partial charge in [-0.25, -0.2) is 0 Å². The minimum atomic E-state index is -0.959. The van der Waals surface area contributed by atoms with Gasteiger partial charge in [-0.3, -0.25) is 0 Å². The molecule has 2 nitrogen and oxygen atoms in total. The molecule has 0 aromatic carbocycles. The maximum atomic E-state index is 11.2. The summed E-state index contributed by atoms with van der Waals surface area (Å²) in [5, 5.41) is 21.2. The Bertz CT molecular complexity index is 626. The highest BCUT2D eigenvalue weighted by molar-refractivity contribution is 5.32. The molecule has 3 fully saturated rings. The van der Waals surface area contributed by atoms with Crippen LogP contribution in [0.25, 0.3) is 0 Å². The van der Waals surface area contributed by atoms with E-state index in [0.717, 1.165) is 51.4 Å². The lowest BCUT2D eigenvalue weighted by molar-refractivity contribution is -0.0794. The van der Waals surface area contributed by atoms with Crippen LogP contribution in [0.2, 0.25) is 0 Å². The number of rotatable bonds is 1. The van der Waals surface area contributed by atoms with Gasteiger partial charge >= 0.3 is 0 Å². The smallest absolute Gasteiger partial charge is 0.131 e. The Morgan fingerprint density at radius 3 is 2.83 bits per heavy atom. The first-order valence-electron chi connectivity index (χ1n) is 9.72. The fraction of sp³-hybridized carbons (Fsp3) is 0.727. The topological polar surface area (TPSA) is 40.5 Å². The monoisotopic (exact) mass is 326 g/mol. The van der Waals surface area contributed by atoms with Crippen LogP contribution in [0.5, 0.6) is 0 Å². The quantitative estimate of drug-likeness (QED) is 0.568. The maximum absolute atomic E-state index is 11.2. The Morgan fingerprint density at radius 2 is 2.12 bits per heavy atom. The van der Waals surface area contributed by atoms with E-state index in [9.17, 15) is 10.2 Å². The summed E-state index contributed by atoms with van der Waals surface area (Å²) in [5.41, 5.74) is 1.64. The lowest BCUT2D eigenvalue weighted by Gasteiger charge is -2.57. The van der Waals surface area contributed by atoms with Crippen molar-refractivity contribution in [3.05, 3.63) is 23.8 Å². The standard InChI is InChI=1S/C22H30O2/c1-4-21-13-14(3)20-17-9-7-16(23)12-15(17)6-8-18(20)19(21)10-11-22(21,24)5-2/h2,12,16-20,23-24H,3-4,6-11,13H2,1H3/t16?,17?,18?,19?,20?,21-,22?/m1/s1. The zero-order valence-electron chi connectivity index (χ0n) is 14.8. The molecule has 4 rings (SSSR count). The number of aliphatic hydroxyl groups excluding tert-OH is 1. The first kappa shape index (κ1) is 16.4. The summed E-state index contributed by atoms with van der Waals surface area (Å²) in [6.07, 6.45) is 15.5. The molecule has 0 aromatic heterocycles. The highest BCUT2D eigenvalue weighted by Gasteiger charge is 2.64. The van der Waals surface area contributed by atoms with Crippen LogP contribution in [0.15, 0.2) is 23.8 Å². The molecule has 2 heteroatoms. The molecule has 4 aliphatic rings. The lowest BCUT2D eigenvalue weighted by atomic mass is 9.48. The molecule has 24 heavy (non-hydrogen) atoms. The zero-order valence-corrected chi connectivity index (χ0v) is 14.8. The van der Waals surface area contributed by atoms with Crippen LogP contribution < -0.4 is 0 Å². The summed E-state index contributed by atoms with van der Waals surface area (Å²) < 4.78 is 0. The van der Waals surface area contributed by atoms with E-state index in [1.165, 1.54) is 11.1 Å². The molecule has 130 valence electrons. The second-order valence-electron chi connectivity index (χ2n) is 8.72. The van der Waals surface area contributed by atoms with E-state index in [2.05, 4.69) is 25.5 Å². The van der Waals surface area contributed by atoms with Crippen molar-refractivity contribution < 1.29 is 10.2 Å². The predicted molar refractivity (Wildman–Crippen MR) is 96.0 cm³/mol. The maximum Gasteiger partial charge on any atom is 0.131 e. The highest BCUT2D eigenvalue weighted by atomic mass is 16.3. The molecule has 3 saturated carbocycles. The zero-order chi connectivity index (χ0) is 17.1. The van der Waals surface area contributed by atoms with E-state index < -0.39 is 5.60 Å². The van der Waals surface area contributed by atoms with Crippen LogP contribution in [0, 0.1) is 41.4 Å². The van der Waals surface area contributed by atoms with Crippen molar-refractivity contribution in [3.8, 4) is 12.3 Å². The number of allylic oxidation sites excluding steroid dienone is 2. The van der Waals surface area contributed by atoms with Gasteiger partial charge in [0.1, 0.15) is 5.60 Å². The molecule has 7 atom stereocenters. The number of hydrogen-bond donors (Lipinski definition) is 2. The fourth-order valence-electron chi connectivity index (χ4n) is 7.03. The first-order chi connectivity index (χ1) is 11.5. The number of terminal acetylenes is 1. The van der Waals surface area contributed by atoms with Gasteiger partial charge in [-0.15, -0.1) is 6.42 Å². The van der Waals surface area contributed by atoms with Crippen molar-refractivity contribution in [2.75, 3.05) is 0 Å². The summed E-state index contributed by atoms with van der Waals surface area (Å²) in [4.78, 5) is 0. The minimum Gasteiger partial charge on any atom is -0.389 e. The summed E-state index contributed by atoms with van der Waals surface area (Å²) in [7, 11) is 0. The number of hydrogen-bond acceptors (Lipinski definition) is 2. The van der Waals surface area contributed by atoms with Gasteiger partial charge in [0.25, 0.3) is 0 Å². The molecule has 4 aliphatic carbocycles. The van der Waals surface area contributed by atoms with Crippen molar-refractivity contribution >= 4 is 0 Å². The van der Waals surface area contributed by atoms with Crippen molar-refractivity contribution in [2.45, 2.75) is 70.0 Å². The van der Waals surface area contributed by atoms with Crippen molar-refractivity contribution in [1.82, 2.24) is 0 Å². The molecule has 2 N–H and O–H groups in total. The summed E-state index contributed by atoms with van der Waals surface area (Å²) in [5.74, 6) is 5.00. The molecule has 0 spiro atoms. The average molecular weight is 326 g/mol. The third kappa shape index (κ3) is 1.98. The Morgan fingerprint density at radius 1 is 1.33 bits per heavy atom. The van der Waals surface area contributed by atoms with Gasteiger partial charge in [0.2, 0.25) is 0 Å². The molecule has 0 saturated heterocycles. The molecule has 0 bridgehead atoms. The molecule has 0 heterocycles. The highest BCUT2D eigenvalue weighted by Crippen LogP contribution is 2.67. The Hall–Kier alpha value is -1.04. The van der Waals surface area contributed by atoms with Gasteiger partial charge < -0.3 is 10.2 Å².